The molecule has 0 radical (unpaired) electrons. The molecule has 2 heterocycles. The topological polar surface area (TPSA) is 67.3 Å². The summed E-state index contributed by atoms with van der Waals surface area (Å²) in [5.41, 5.74) is 2.79. The molecule has 0 spiro atoms. The number of nitrogens with one attached hydrogen (secondary N) is 1. The standard InChI is InChI=1S/C12H17N5/c1-5-10-9(6-8(4)14-15-10)12-13-11(7(2)3)16-17-12/h6-7H,5H2,1-4H3,(H,13,16,17). The molecule has 90 valence electrons. The lowest BCUT2D eigenvalue weighted by atomic mass is 10.1. The first-order valence-electron chi connectivity index (χ1n) is 5.87. The minimum absolute atomic E-state index is 0.345. The molecule has 0 bridgehead atoms. The van der Waals surface area contributed by atoms with Crippen LogP contribution in [0.2, 0.25) is 0 Å². The third-order valence-electron chi connectivity index (χ3n) is 2.62. The lowest BCUT2D eigenvalue weighted by Gasteiger charge is -2.02. The summed E-state index contributed by atoms with van der Waals surface area (Å²) in [5, 5.41) is 15.5. The SMILES string of the molecule is CCc1nnc(C)cc1-c1n[nH]c(C(C)C)n1. The van der Waals surface area contributed by atoms with Crippen molar-refractivity contribution in [3.05, 3.63) is 23.3 Å². The van der Waals surface area contributed by atoms with E-state index in [-0.39, 0.29) is 0 Å². The maximum atomic E-state index is 4.50. The van der Waals surface area contributed by atoms with Crippen LogP contribution in [0.4, 0.5) is 0 Å². The smallest absolute Gasteiger partial charge is 0.183 e. The summed E-state index contributed by atoms with van der Waals surface area (Å²) >= 11 is 0. The van der Waals surface area contributed by atoms with Crippen molar-refractivity contribution in [2.24, 2.45) is 0 Å². The zero-order valence-corrected chi connectivity index (χ0v) is 10.7. The Morgan fingerprint density at radius 2 is 2.06 bits per heavy atom. The van der Waals surface area contributed by atoms with Crippen LogP contribution >= 0.6 is 0 Å². The molecular weight excluding hydrogens is 214 g/mol. The summed E-state index contributed by atoms with van der Waals surface area (Å²) in [6.07, 6.45) is 0.828. The quantitative estimate of drug-likeness (QED) is 0.879. The molecule has 0 aliphatic rings. The molecule has 0 aliphatic carbocycles. The third kappa shape index (κ3) is 2.33. The van der Waals surface area contributed by atoms with E-state index < -0.39 is 0 Å². The van der Waals surface area contributed by atoms with Gasteiger partial charge >= 0.3 is 0 Å². The minimum atomic E-state index is 0.345. The fourth-order valence-corrected chi connectivity index (χ4v) is 1.62. The van der Waals surface area contributed by atoms with Crippen LogP contribution in [0.1, 0.15) is 43.9 Å². The lowest BCUT2D eigenvalue weighted by Crippen LogP contribution is -1.98. The van der Waals surface area contributed by atoms with Crippen LogP contribution in [0.25, 0.3) is 11.4 Å². The monoisotopic (exact) mass is 231 g/mol. The maximum absolute atomic E-state index is 4.50. The number of rotatable bonds is 3. The Hall–Kier alpha value is -1.78. The Balaban J connectivity index is 2.47. The molecule has 2 aromatic heterocycles. The van der Waals surface area contributed by atoms with Gasteiger partial charge in [0.25, 0.3) is 0 Å². The summed E-state index contributed by atoms with van der Waals surface area (Å²) in [4.78, 5) is 4.50. The lowest BCUT2D eigenvalue weighted by molar-refractivity contribution is 0.781. The van der Waals surface area contributed by atoms with Crippen molar-refractivity contribution in [2.75, 3.05) is 0 Å². The number of hydrogen-bond acceptors (Lipinski definition) is 4. The summed E-state index contributed by atoms with van der Waals surface area (Å²) in [5.74, 6) is 1.96. The molecule has 5 nitrogen and oxygen atoms in total. The minimum Gasteiger partial charge on any atom is -0.262 e. The Kier molecular flexibility index (Phi) is 3.17. The fourth-order valence-electron chi connectivity index (χ4n) is 1.62. The maximum Gasteiger partial charge on any atom is 0.183 e. The van der Waals surface area contributed by atoms with Gasteiger partial charge in [-0.05, 0) is 19.4 Å². The van der Waals surface area contributed by atoms with E-state index in [0.717, 1.165) is 29.2 Å². The van der Waals surface area contributed by atoms with Gasteiger partial charge in [0.2, 0.25) is 0 Å². The molecule has 0 saturated heterocycles. The molecule has 0 aromatic carbocycles. The Morgan fingerprint density at radius 1 is 1.29 bits per heavy atom. The first-order chi connectivity index (χ1) is 8.11. The molecule has 1 N–H and O–H groups in total. The molecule has 0 unspecified atom stereocenters. The van der Waals surface area contributed by atoms with Gasteiger partial charge in [-0.2, -0.15) is 15.3 Å². The van der Waals surface area contributed by atoms with E-state index in [9.17, 15) is 0 Å². The van der Waals surface area contributed by atoms with Gasteiger partial charge in [-0.15, -0.1) is 0 Å². The van der Waals surface area contributed by atoms with Gasteiger partial charge in [0.15, 0.2) is 5.82 Å². The molecule has 0 amide bonds. The van der Waals surface area contributed by atoms with E-state index in [4.69, 9.17) is 0 Å². The van der Waals surface area contributed by atoms with E-state index >= 15 is 0 Å². The fraction of sp³-hybridized carbons (Fsp3) is 0.500. The van der Waals surface area contributed by atoms with Crippen molar-refractivity contribution in [3.63, 3.8) is 0 Å². The van der Waals surface area contributed by atoms with Crippen LogP contribution in [0, 0.1) is 6.92 Å². The highest BCUT2D eigenvalue weighted by molar-refractivity contribution is 5.57. The molecule has 0 saturated carbocycles. The van der Waals surface area contributed by atoms with Gasteiger partial charge in [0.1, 0.15) is 5.82 Å². The predicted molar refractivity (Wildman–Crippen MR) is 65.6 cm³/mol. The Bertz CT molecular complexity index is 515. The first kappa shape index (κ1) is 11.7. The second-order valence-electron chi connectivity index (χ2n) is 4.40. The number of aromatic amines is 1. The van der Waals surface area contributed by atoms with Crippen molar-refractivity contribution < 1.29 is 0 Å². The van der Waals surface area contributed by atoms with Crippen LogP contribution in [-0.4, -0.2) is 25.4 Å². The van der Waals surface area contributed by atoms with Crippen molar-refractivity contribution in [1.82, 2.24) is 25.4 Å². The summed E-state index contributed by atoms with van der Waals surface area (Å²) in [7, 11) is 0. The number of nitrogens with zero attached hydrogens (tertiary/aromatic N) is 4. The molecule has 0 aliphatic heterocycles. The number of aromatic nitrogens is 5. The highest BCUT2D eigenvalue weighted by Crippen LogP contribution is 2.20. The molecule has 0 atom stereocenters. The van der Waals surface area contributed by atoms with Gasteiger partial charge in [-0.25, -0.2) is 4.98 Å². The van der Waals surface area contributed by atoms with Crippen molar-refractivity contribution in [1.29, 1.82) is 0 Å². The molecule has 2 aromatic rings. The molecule has 17 heavy (non-hydrogen) atoms. The van der Waals surface area contributed by atoms with E-state index in [0.29, 0.717) is 11.7 Å². The Morgan fingerprint density at radius 3 is 2.65 bits per heavy atom. The molecule has 2 rings (SSSR count). The van der Waals surface area contributed by atoms with Crippen LogP contribution < -0.4 is 0 Å². The van der Waals surface area contributed by atoms with Gasteiger partial charge in [-0.1, -0.05) is 20.8 Å². The normalized spacial score (nSPS) is 11.1. The average Bonchev–Trinajstić information content (AvgIpc) is 2.78. The van der Waals surface area contributed by atoms with Crippen molar-refractivity contribution in [3.8, 4) is 11.4 Å². The summed E-state index contributed by atoms with van der Waals surface area (Å²) in [6, 6.07) is 1.99. The van der Waals surface area contributed by atoms with E-state index in [1.807, 2.05) is 13.0 Å². The van der Waals surface area contributed by atoms with Crippen molar-refractivity contribution >= 4 is 0 Å². The summed E-state index contributed by atoms with van der Waals surface area (Å²) < 4.78 is 0. The Labute approximate surface area is 101 Å². The number of H-pyrrole nitrogens is 1. The van der Waals surface area contributed by atoms with E-state index in [1.165, 1.54) is 0 Å². The second-order valence-corrected chi connectivity index (χ2v) is 4.40. The van der Waals surface area contributed by atoms with E-state index in [1.54, 1.807) is 0 Å². The van der Waals surface area contributed by atoms with Crippen LogP contribution in [0.3, 0.4) is 0 Å². The van der Waals surface area contributed by atoms with E-state index in [2.05, 4.69) is 46.1 Å². The zero-order chi connectivity index (χ0) is 12.4. The van der Waals surface area contributed by atoms with Gasteiger partial charge in [0, 0.05) is 11.5 Å². The van der Waals surface area contributed by atoms with Crippen LogP contribution in [0.5, 0.6) is 0 Å². The largest absolute Gasteiger partial charge is 0.262 e. The first-order valence-corrected chi connectivity index (χ1v) is 5.87. The van der Waals surface area contributed by atoms with Gasteiger partial charge in [0.05, 0.1) is 11.4 Å². The number of hydrogen-bond donors (Lipinski definition) is 1. The molecular formula is C12H17N5. The van der Waals surface area contributed by atoms with Crippen LogP contribution in [0.15, 0.2) is 6.07 Å². The number of aryl methyl sites for hydroxylation is 2. The predicted octanol–water partition coefficient (Wildman–Crippen LogP) is 2.26. The summed E-state index contributed by atoms with van der Waals surface area (Å²) in [6.45, 7) is 8.15. The van der Waals surface area contributed by atoms with Crippen LogP contribution in [-0.2, 0) is 6.42 Å². The zero-order valence-electron chi connectivity index (χ0n) is 10.7. The highest BCUT2D eigenvalue weighted by atomic mass is 15.2. The highest BCUT2D eigenvalue weighted by Gasteiger charge is 2.13. The van der Waals surface area contributed by atoms with Gasteiger partial charge < -0.3 is 0 Å². The van der Waals surface area contributed by atoms with Gasteiger partial charge in [-0.3, -0.25) is 5.10 Å². The third-order valence-corrected chi connectivity index (χ3v) is 2.62. The molecule has 5 heteroatoms. The average molecular weight is 231 g/mol. The van der Waals surface area contributed by atoms with Crippen molar-refractivity contribution in [2.45, 2.75) is 40.0 Å². The second kappa shape index (κ2) is 4.61. The molecule has 0 fully saturated rings.